The van der Waals surface area contributed by atoms with Crippen molar-refractivity contribution < 1.29 is 9.72 Å². The van der Waals surface area contributed by atoms with E-state index in [0.717, 1.165) is 22.2 Å². The highest BCUT2D eigenvalue weighted by Gasteiger charge is 2.18. The zero-order chi connectivity index (χ0) is 23.5. The van der Waals surface area contributed by atoms with Crippen LogP contribution in [0.5, 0.6) is 0 Å². The molecule has 168 valence electrons. The number of amides is 1. The molecule has 3 aromatic heterocycles. The van der Waals surface area contributed by atoms with Gasteiger partial charge in [-0.25, -0.2) is 4.98 Å². The minimum atomic E-state index is -0.511. The van der Waals surface area contributed by atoms with E-state index in [1.54, 1.807) is 30.4 Å². The summed E-state index contributed by atoms with van der Waals surface area (Å²) in [5, 5.41) is 18.6. The maximum absolute atomic E-state index is 13.3. The van der Waals surface area contributed by atoms with Gasteiger partial charge in [-0.1, -0.05) is 30.0 Å². The number of non-ortho nitro benzene ring substituents is 1. The molecule has 0 fully saturated rings. The van der Waals surface area contributed by atoms with E-state index in [0.29, 0.717) is 26.6 Å². The van der Waals surface area contributed by atoms with Crippen molar-refractivity contribution in [1.29, 1.82) is 0 Å². The number of rotatable bonds is 8. The van der Waals surface area contributed by atoms with E-state index in [-0.39, 0.29) is 29.5 Å². The molecule has 0 aliphatic carbocycles. The van der Waals surface area contributed by atoms with Gasteiger partial charge in [-0.2, -0.15) is 0 Å². The van der Waals surface area contributed by atoms with E-state index in [1.165, 1.54) is 28.0 Å². The lowest BCUT2D eigenvalue weighted by molar-refractivity contribution is -0.384. The van der Waals surface area contributed by atoms with E-state index < -0.39 is 4.92 Å². The summed E-state index contributed by atoms with van der Waals surface area (Å²) < 4.78 is 1.51. The second-order valence-electron chi connectivity index (χ2n) is 7.00. The molecule has 0 saturated carbocycles. The van der Waals surface area contributed by atoms with Gasteiger partial charge in [-0.3, -0.25) is 24.3 Å². The summed E-state index contributed by atoms with van der Waals surface area (Å²) in [5.41, 5.74) is 1.66. The molecule has 0 radical (unpaired) electrons. The van der Waals surface area contributed by atoms with Gasteiger partial charge >= 0.3 is 0 Å². The zero-order valence-corrected chi connectivity index (χ0v) is 19.9. The first-order valence-electron chi connectivity index (χ1n) is 9.73. The van der Waals surface area contributed by atoms with Crippen LogP contribution in [0.25, 0.3) is 20.7 Å². The molecule has 4 rings (SSSR count). The predicted molar refractivity (Wildman–Crippen MR) is 135 cm³/mol. The van der Waals surface area contributed by atoms with Crippen LogP contribution < -0.4 is 10.9 Å². The quantitative estimate of drug-likeness (QED) is 0.116. The van der Waals surface area contributed by atoms with E-state index >= 15 is 0 Å². The topological polar surface area (TPSA) is 107 Å². The number of nitro benzene ring substituents is 1. The summed E-state index contributed by atoms with van der Waals surface area (Å²) >= 11 is 4.08. The van der Waals surface area contributed by atoms with Crippen molar-refractivity contribution >= 4 is 61.9 Å². The standard InChI is InChI=1S/C22H18N4O4S3/c1-3-8-25-21(28)19-15(17-5-4-9-31-17)11-32-20(19)24-22(25)33-12-18(27)23-16-10-14(26(29)30)7-6-13(16)2/h3-7,9-11H,1,8,12H2,2H3,(H,23,27). The number of aryl methyl sites for hydroxylation is 1. The Hall–Kier alpha value is -3.28. The highest BCUT2D eigenvalue weighted by molar-refractivity contribution is 7.99. The number of anilines is 1. The zero-order valence-electron chi connectivity index (χ0n) is 17.4. The van der Waals surface area contributed by atoms with Crippen molar-refractivity contribution in [3.8, 4) is 10.4 Å². The van der Waals surface area contributed by atoms with Crippen molar-refractivity contribution in [3.05, 3.63) is 79.8 Å². The maximum atomic E-state index is 13.3. The third-order valence-electron chi connectivity index (χ3n) is 4.80. The van der Waals surface area contributed by atoms with Crippen molar-refractivity contribution in [2.24, 2.45) is 0 Å². The SMILES string of the molecule is C=CCn1c(SCC(=O)Nc2cc([N+](=O)[O-])ccc2C)nc2scc(-c3cccs3)c2c1=O. The van der Waals surface area contributed by atoms with Crippen LogP contribution in [0.1, 0.15) is 5.56 Å². The molecule has 0 saturated heterocycles. The number of carbonyl (C=O) groups is 1. The molecule has 0 spiro atoms. The van der Waals surface area contributed by atoms with E-state index in [1.807, 2.05) is 22.9 Å². The first kappa shape index (κ1) is 22.9. The van der Waals surface area contributed by atoms with Crippen molar-refractivity contribution in [1.82, 2.24) is 9.55 Å². The van der Waals surface area contributed by atoms with Crippen LogP contribution in [-0.4, -0.2) is 26.1 Å². The Morgan fingerprint density at radius 1 is 1.36 bits per heavy atom. The molecular formula is C22H18N4O4S3. The summed E-state index contributed by atoms with van der Waals surface area (Å²) in [5.74, 6) is -0.367. The largest absolute Gasteiger partial charge is 0.325 e. The number of thioether (sulfide) groups is 1. The van der Waals surface area contributed by atoms with Gasteiger partial charge in [0.2, 0.25) is 5.91 Å². The maximum Gasteiger partial charge on any atom is 0.271 e. The Kier molecular flexibility index (Phi) is 6.72. The third-order valence-corrected chi connectivity index (χ3v) is 7.55. The molecule has 3 heterocycles. The monoisotopic (exact) mass is 498 g/mol. The Morgan fingerprint density at radius 2 is 2.18 bits per heavy atom. The number of allylic oxidation sites excluding steroid dienone is 1. The number of nitrogens with zero attached hydrogens (tertiary/aromatic N) is 3. The number of hydrogen-bond donors (Lipinski definition) is 1. The molecule has 1 aromatic carbocycles. The van der Waals surface area contributed by atoms with Gasteiger partial charge in [0.15, 0.2) is 5.16 Å². The molecule has 0 unspecified atom stereocenters. The highest BCUT2D eigenvalue weighted by atomic mass is 32.2. The van der Waals surface area contributed by atoms with Crippen LogP contribution in [0.2, 0.25) is 0 Å². The second kappa shape index (κ2) is 9.69. The van der Waals surface area contributed by atoms with Crippen LogP contribution in [0.15, 0.2) is 63.7 Å². The Labute approximate surface area is 200 Å². The number of nitrogens with one attached hydrogen (secondary N) is 1. The fraction of sp³-hybridized carbons (Fsp3) is 0.136. The van der Waals surface area contributed by atoms with Crippen LogP contribution >= 0.6 is 34.4 Å². The summed E-state index contributed by atoms with van der Waals surface area (Å²) in [6.45, 7) is 5.75. The lowest BCUT2D eigenvalue weighted by Gasteiger charge is -2.11. The van der Waals surface area contributed by atoms with Gasteiger partial charge < -0.3 is 5.32 Å². The fourth-order valence-corrected chi connectivity index (χ4v) is 5.81. The molecule has 8 nitrogen and oxygen atoms in total. The number of benzene rings is 1. The van der Waals surface area contributed by atoms with Crippen LogP contribution in [-0.2, 0) is 11.3 Å². The Balaban J connectivity index is 1.60. The number of thiophene rings is 2. The van der Waals surface area contributed by atoms with E-state index in [2.05, 4.69) is 16.9 Å². The molecule has 1 N–H and O–H groups in total. The van der Waals surface area contributed by atoms with Crippen LogP contribution in [0.4, 0.5) is 11.4 Å². The predicted octanol–water partition coefficient (Wildman–Crippen LogP) is 5.32. The van der Waals surface area contributed by atoms with Gasteiger partial charge in [-0.05, 0) is 23.9 Å². The lowest BCUT2D eigenvalue weighted by Crippen LogP contribution is -2.23. The molecule has 0 bridgehead atoms. The van der Waals surface area contributed by atoms with Crippen molar-refractivity contribution in [2.75, 3.05) is 11.1 Å². The van der Waals surface area contributed by atoms with E-state index in [4.69, 9.17) is 0 Å². The highest BCUT2D eigenvalue weighted by Crippen LogP contribution is 2.34. The molecular weight excluding hydrogens is 480 g/mol. The smallest absolute Gasteiger partial charge is 0.271 e. The summed E-state index contributed by atoms with van der Waals surface area (Å²) in [7, 11) is 0. The minimum Gasteiger partial charge on any atom is -0.325 e. The summed E-state index contributed by atoms with van der Waals surface area (Å²) in [6, 6.07) is 8.20. The van der Waals surface area contributed by atoms with Gasteiger partial charge in [0.1, 0.15) is 4.83 Å². The van der Waals surface area contributed by atoms with E-state index in [9.17, 15) is 19.7 Å². The molecule has 0 aliphatic rings. The molecule has 0 atom stereocenters. The normalized spacial score (nSPS) is 10.9. The number of carbonyl (C=O) groups excluding carboxylic acids is 1. The van der Waals surface area contributed by atoms with Gasteiger partial charge in [-0.15, -0.1) is 29.3 Å². The number of hydrogen-bond acceptors (Lipinski definition) is 8. The number of nitro groups is 1. The molecule has 0 aliphatic heterocycles. The lowest BCUT2D eigenvalue weighted by atomic mass is 10.2. The van der Waals surface area contributed by atoms with Crippen LogP contribution in [0, 0.1) is 17.0 Å². The summed E-state index contributed by atoms with van der Waals surface area (Å²) in [6.07, 6.45) is 1.61. The average Bonchev–Trinajstić information content (AvgIpc) is 3.45. The average molecular weight is 499 g/mol. The Bertz CT molecular complexity index is 1420. The first-order valence-corrected chi connectivity index (χ1v) is 12.5. The molecule has 11 heteroatoms. The molecule has 1 amide bonds. The minimum absolute atomic E-state index is 0.0135. The number of fused-ring (bicyclic) bond motifs is 1. The van der Waals surface area contributed by atoms with Gasteiger partial charge in [0.25, 0.3) is 11.2 Å². The fourth-order valence-electron chi connectivity index (χ4n) is 3.19. The van der Waals surface area contributed by atoms with Crippen molar-refractivity contribution in [3.63, 3.8) is 0 Å². The Morgan fingerprint density at radius 3 is 2.88 bits per heavy atom. The second-order valence-corrected chi connectivity index (χ2v) is 9.75. The van der Waals surface area contributed by atoms with Crippen LogP contribution in [0.3, 0.4) is 0 Å². The number of aromatic nitrogens is 2. The first-order chi connectivity index (χ1) is 15.9. The molecule has 4 aromatic rings. The summed E-state index contributed by atoms with van der Waals surface area (Å²) in [4.78, 5) is 42.6. The van der Waals surface area contributed by atoms with Crippen molar-refractivity contribution in [2.45, 2.75) is 18.6 Å². The molecule has 33 heavy (non-hydrogen) atoms. The van der Waals surface area contributed by atoms with Gasteiger partial charge in [0.05, 0.1) is 21.7 Å². The van der Waals surface area contributed by atoms with Gasteiger partial charge in [0, 0.05) is 34.5 Å². The third kappa shape index (κ3) is 4.75.